The second-order valence-electron chi connectivity index (χ2n) is 6.02. The monoisotopic (exact) mass is 321 g/mol. The van der Waals surface area contributed by atoms with Gasteiger partial charge >= 0.3 is 0 Å². The van der Waals surface area contributed by atoms with Crippen molar-refractivity contribution in [2.75, 3.05) is 13.1 Å². The SMILES string of the molecule is O=C(c1cncn1-c1ccccc1)N1CCC[C@@H](n2cccn2)C1. The van der Waals surface area contributed by atoms with E-state index in [-0.39, 0.29) is 11.9 Å². The van der Waals surface area contributed by atoms with Crippen molar-refractivity contribution in [2.45, 2.75) is 18.9 Å². The van der Waals surface area contributed by atoms with Gasteiger partial charge in [-0.1, -0.05) is 18.2 Å². The van der Waals surface area contributed by atoms with Gasteiger partial charge in [0.25, 0.3) is 5.91 Å². The molecule has 2 aromatic heterocycles. The summed E-state index contributed by atoms with van der Waals surface area (Å²) in [7, 11) is 0. The molecule has 1 saturated heterocycles. The van der Waals surface area contributed by atoms with Crippen LogP contribution >= 0.6 is 0 Å². The van der Waals surface area contributed by atoms with Gasteiger partial charge in [0, 0.05) is 31.2 Å². The van der Waals surface area contributed by atoms with E-state index in [0.717, 1.165) is 25.1 Å². The summed E-state index contributed by atoms with van der Waals surface area (Å²) < 4.78 is 3.80. The lowest BCUT2D eigenvalue weighted by Crippen LogP contribution is -2.41. The number of piperidine rings is 1. The van der Waals surface area contributed by atoms with Crippen LogP contribution in [0.2, 0.25) is 0 Å². The second kappa shape index (κ2) is 6.31. The lowest BCUT2D eigenvalue weighted by Gasteiger charge is -2.33. The maximum atomic E-state index is 13.0. The maximum Gasteiger partial charge on any atom is 0.272 e. The van der Waals surface area contributed by atoms with E-state index in [1.54, 1.807) is 18.7 Å². The van der Waals surface area contributed by atoms with Gasteiger partial charge in [-0.2, -0.15) is 5.10 Å². The van der Waals surface area contributed by atoms with Crippen molar-refractivity contribution in [2.24, 2.45) is 0 Å². The Hall–Kier alpha value is -2.89. The predicted molar refractivity (Wildman–Crippen MR) is 90.0 cm³/mol. The number of imidazole rings is 1. The first-order valence-electron chi connectivity index (χ1n) is 8.19. The average molecular weight is 321 g/mol. The molecule has 0 radical (unpaired) electrons. The molecule has 6 heteroatoms. The normalized spacial score (nSPS) is 17.8. The number of aromatic nitrogens is 4. The Balaban J connectivity index is 1.57. The third kappa shape index (κ3) is 2.71. The van der Waals surface area contributed by atoms with Crippen molar-refractivity contribution in [1.29, 1.82) is 0 Å². The van der Waals surface area contributed by atoms with E-state index in [0.29, 0.717) is 12.2 Å². The van der Waals surface area contributed by atoms with E-state index >= 15 is 0 Å². The molecule has 122 valence electrons. The molecule has 4 rings (SSSR count). The lowest BCUT2D eigenvalue weighted by atomic mass is 10.1. The van der Waals surface area contributed by atoms with Gasteiger partial charge in [0.1, 0.15) is 5.69 Å². The first-order chi connectivity index (χ1) is 11.8. The fraction of sp³-hybridized carbons (Fsp3) is 0.278. The first kappa shape index (κ1) is 14.7. The number of carbonyl (C=O) groups excluding carboxylic acids is 1. The van der Waals surface area contributed by atoms with Crippen LogP contribution in [0.1, 0.15) is 29.4 Å². The minimum Gasteiger partial charge on any atom is -0.335 e. The highest BCUT2D eigenvalue weighted by Gasteiger charge is 2.27. The van der Waals surface area contributed by atoms with Crippen LogP contribution in [0, 0.1) is 0 Å². The van der Waals surface area contributed by atoms with E-state index in [2.05, 4.69) is 10.1 Å². The number of rotatable bonds is 3. The van der Waals surface area contributed by atoms with Gasteiger partial charge in [0.15, 0.2) is 0 Å². The Morgan fingerprint density at radius 2 is 2.04 bits per heavy atom. The summed E-state index contributed by atoms with van der Waals surface area (Å²) >= 11 is 0. The average Bonchev–Trinajstić information content (AvgIpc) is 3.34. The standard InChI is InChI=1S/C18H19N5O/c24-18(17-12-19-14-22(17)15-6-2-1-3-7-15)21-10-4-8-16(13-21)23-11-5-9-20-23/h1-3,5-7,9,11-12,14,16H,4,8,10,13H2/t16-/m1/s1. The van der Waals surface area contributed by atoms with Gasteiger partial charge in [0.2, 0.25) is 0 Å². The van der Waals surface area contributed by atoms with E-state index in [1.807, 2.05) is 56.7 Å². The molecular formula is C18H19N5O. The Bertz CT molecular complexity index is 809. The summed E-state index contributed by atoms with van der Waals surface area (Å²) in [4.78, 5) is 19.1. The van der Waals surface area contributed by atoms with Crippen molar-refractivity contribution < 1.29 is 4.79 Å². The van der Waals surface area contributed by atoms with Crippen LogP contribution in [0.3, 0.4) is 0 Å². The van der Waals surface area contributed by atoms with E-state index in [9.17, 15) is 4.79 Å². The van der Waals surface area contributed by atoms with Crippen LogP contribution in [-0.4, -0.2) is 43.2 Å². The molecular weight excluding hydrogens is 302 g/mol. The summed E-state index contributed by atoms with van der Waals surface area (Å²) in [5.74, 6) is 0.0215. The minimum atomic E-state index is 0.0215. The van der Waals surface area contributed by atoms with Gasteiger partial charge in [0.05, 0.1) is 18.6 Å². The van der Waals surface area contributed by atoms with Gasteiger partial charge in [-0.15, -0.1) is 0 Å². The highest BCUT2D eigenvalue weighted by atomic mass is 16.2. The molecule has 24 heavy (non-hydrogen) atoms. The van der Waals surface area contributed by atoms with Crippen molar-refractivity contribution in [3.63, 3.8) is 0 Å². The minimum absolute atomic E-state index is 0.0215. The third-order valence-electron chi connectivity index (χ3n) is 4.47. The van der Waals surface area contributed by atoms with Gasteiger partial charge < -0.3 is 4.90 Å². The summed E-state index contributed by atoms with van der Waals surface area (Å²) in [5, 5.41) is 4.32. The number of benzene rings is 1. The van der Waals surface area contributed by atoms with Crippen molar-refractivity contribution >= 4 is 5.91 Å². The molecule has 0 saturated carbocycles. The predicted octanol–water partition coefficient (Wildman–Crippen LogP) is 2.55. The zero-order valence-electron chi connectivity index (χ0n) is 13.3. The molecule has 1 aliphatic heterocycles. The second-order valence-corrected chi connectivity index (χ2v) is 6.02. The first-order valence-corrected chi connectivity index (χ1v) is 8.19. The molecule has 1 fully saturated rings. The molecule has 0 bridgehead atoms. The Morgan fingerprint density at radius 1 is 1.17 bits per heavy atom. The number of likely N-dealkylation sites (tertiary alicyclic amines) is 1. The maximum absolute atomic E-state index is 13.0. The van der Waals surface area contributed by atoms with Crippen LogP contribution in [0.25, 0.3) is 5.69 Å². The fourth-order valence-corrected chi connectivity index (χ4v) is 3.26. The molecule has 6 nitrogen and oxygen atoms in total. The van der Waals surface area contributed by atoms with E-state index in [1.165, 1.54) is 0 Å². The zero-order valence-corrected chi connectivity index (χ0v) is 13.3. The number of nitrogens with zero attached hydrogens (tertiary/aromatic N) is 5. The number of hydrogen-bond acceptors (Lipinski definition) is 3. The van der Waals surface area contributed by atoms with Crippen molar-refractivity contribution in [3.05, 3.63) is 67.0 Å². The molecule has 3 heterocycles. The Labute approximate surface area is 140 Å². The molecule has 1 amide bonds. The summed E-state index contributed by atoms with van der Waals surface area (Å²) in [5.41, 5.74) is 1.54. The topological polar surface area (TPSA) is 56.0 Å². The van der Waals surface area contributed by atoms with Crippen molar-refractivity contribution in [1.82, 2.24) is 24.2 Å². The molecule has 0 spiro atoms. The van der Waals surface area contributed by atoms with Crippen LogP contribution in [-0.2, 0) is 0 Å². The largest absolute Gasteiger partial charge is 0.335 e. The van der Waals surface area contributed by atoms with Crippen molar-refractivity contribution in [3.8, 4) is 5.69 Å². The molecule has 0 N–H and O–H groups in total. The van der Waals surface area contributed by atoms with Crippen LogP contribution in [0.5, 0.6) is 0 Å². The molecule has 3 aromatic rings. The quantitative estimate of drug-likeness (QED) is 0.745. The molecule has 1 aromatic carbocycles. The molecule has 0 aliphatic carbocycles. The van der Waals surface area contributed by atoms with Gasteiger partial charge in [-0.3, -0.25) is 14.0 Å². The fourth-order valence-electron chi connectivity index (χ4n) is 3.26. The smallest absolute Gasteiger partial charge is 0.272 e. The molecule has 0 unspecified atom stereocenters. The zero-order chi connectivity index (χ0) is 16.4. The lowest BCUT2D eigenvalue weighted by molar-refractivity contribution is 0.0665. The highest BCUT2D eigenvalue weighted by Crippen LogP contribution is 2.22. The van der Waals surface area contributed by atoms with E-state index < -0.39 is 0 Å². The van der Waals surface area contributed by atoms with Gasteiger partial charge in [-0.05, 0) is 31.0 Å². The Morgan fingerprint density at radius 3 is 2.83 bits per heavy atom. The summed E-state index contributed by atoms with van der Waals surface area (Å²) in [6.45, 7) is 1.46. The van der Waals surface area contributed by atoms with Gasteiger partial charge in [-0.25, -0.2) is 4.98 Å². The highest BCUT2D eigenvalue weighted by molar-refractivity contribution is 5.93. The summed E-state index contributed by atoms with van der Waals surface area (Å²) in [6, 6.07) is 12.0. The Kier molecular flexibility index (Phi) is 3.86. The number of para-hydroxylation sites is 1. The number of carbonyl (C=O) groups is 1. The summed E-state index contributed by atoms with van der Waals surface area (Å²) in [6.07, 6.45) is 9.11. The van der Waals surface area contributed by atoms with Crippen LogP contribution < -0.4 is 0 Å². The van der Waals surface area contributed by atoms with E-state index in [4.69, 9.17) is 0 Å². The van der Waals surface area contributed by atoms with Crippen LogP contribution in [0.4, 0.5) is 0 Å². The van der Waals surface area contributed by atoms with Crippen LogP contribution in [0.15, 0.2) is 61.3 Å². The number of amides is 1. The number of hydrogen-bond donors (Lipinski definition) is 0. The third-order valence-corrected chi connectivity index (χ3v) is 4.47. The molecule has 1 aliphatic rings. The molecule has 1 atom stereocenters.